The number of ether oxygens (including phenoxy) is 1. The van der Waals surface area contributed by atoms with E-state index in [1.165, 1.54) is 7.05 Å². The number of alkyl carbamates (subject to hydrolysis) is 1. The zero-order chi connectivity index (χ0) is 22.4. The van der Waals surface area contributed by atoms with Gasteiger partial charge in [0.15, 0.2) is 6.61 Å². The second kappa shape index (κ2) is 10.1. The summed E-state index contributed by atoms with van der Waals surface area (Å²) in [5.41, 5.74) is 4.60. The molecule has 0 bridgehead atoms. The monoisotopic (exact) mass is 426 g/mol. The largest absolute Gasteiger partial charge is 0.479 e. The molecule has 0 saturated heterocycles. The van der Waals surface area contributed by atoms with E-state index in [2.05, 4.69) is 29.6 Å². The van der Waals surface area contributed by atoms with Crippen molar-refractivity contribution in [2.45, 2.75) is 31.7 Å². The van der Waals surface area contributed by atoms with Crippen LogP contribution in [0.4, 0.5) is 4.79 Å². The molecule has 0 saturated carbocycles. The minimum atomic E-state index is -1.16. The van der Waals surface area contributed by atoms with Gasteiger partial charge < -0.3 is 15.2 Å². The van der Waals surface area contributed by atoms with Crippen LogP contribution in [-0.2, 0) is 19.2 Å². The van der Waals surface area contributed by atoms with Crippen molar-refractivity contribution in [3.8, 4) is 11.1 Å². The van der Waals surface area contributed by atoms with Gasteiger partial charge in [0.2, 0.25) is 5.91 Å². The number of hydroxylamine groups is 2. The second-order valence-corrected chi connectivity index (χ2v) is 7.47. The van der Waals surface area contributed by atoms with Crippen LogP contribution in [-0.4, -0.2) is 54.4 Å². The molecule has 2 aromatic carbocycles. The van der Waals surface area contributed by atoms with Crippen molar-refractivity contribution in [2.75, 3.05) is 20.3 Å². The van der Waals surface area contributed by atoms with Crippen molar-refractivity contribution in [3.05, 3.63) is 59.7 Å². The molecule has 1 aliphatic rings. The molecule has 0 heterocycles. The second-order valence-electron chi connectivity index (χ2n) is 7.47. The Bertz CT molecular complexity index is 915. The van der Waals surface area contributed by atoms with Gasteiger partial charge in [0.1, 0.15) is 6.61 Å². The average Bonchev–Trinajstić information content (AvgIpc) is 3.08. The molecule has 0 radical (unpaired) electrons. The Balaban J connectivity index is 1.47. The first-order valence-corrected chi connectivity index (χ1v) is 10.1. The summed E-state index contributed by atoms with van der Waals surface area (Å²) in [5.74, 6) is -1.55. The molecule has 2 amide bonds. The maximum absolute atomic E-state index is 12.3. The van der Waals surface area contributed by atoms with Crippen molar-refractivity contribution in [1.29, 1.82) is 0 Å². The molecule has 0 fully saturated rings. The number of hydrogen-bond acceptors (Lipinski definition) is 5. The Labute approximate surface area is 180 Å². The number of carbonyl (C=O) groups is 3. The van der Waals surface area contributed by atoms with Crippen molar-refractivity contribution in [3.63, 3.8) is 0 Å². The van der Waals surface area contributed by atoms with Crippen LogP contribution >= 0.6 is 0 Å². The van der Waals surface area contributed by atoms with Crippen LogP contribution in [0.25, 0.3) is 11.1 Å². The van der Waals surface area contributed by atoms with E-state index in [1.807, 2.05) is 24.3 Å². The molecule has 164 valence electrons. The lowest BCUT2D eigenvalue weighted by Gasteiger charge is -2.19. The van der Waals surface area contributed by atoms with E-state index >= 15 is 0 Å². The quantitative estimate of drug-likeness (QED) is 0.597. The molecule has 0 spiro atoms. The third-order valence-electron chi connectivity index (χ3n) is 5.23. The fourth-order valence-electron chi connectivity index (χ4n) is 3.63. The van der Waals surface area contributed by atoms with Gasteiger partial charge >= 0.3 is 12.1 Å². The van der Waals surface area contributed by atoms with Gasteiger partial charge in [0, 0.05) is 25.4 Å². The Morgan fingerprint density at radius 3 is 2.23 bits per heavy atom. The number of hydrogen-bond donors (Lipinski definition) is 2. The van der Waals surface area contributed by atoms with E-state index < -0.39 is 18.7 Å². The van der Waals surface area contributed by atoms with Crippen LogP contribution in [0.5, 0.6) is 0 Å². The number of rotatable bonds is 9. The summed E-state index contributed by atoms with van der Waals surface area (Å²) in [5, 5.41) is 12.2. The first-order valence-electron chi connectivity index (χ1n) is 10.1. The Morgan fingerprint density at radius 2 is 1.65 bits per heavy atom. The van der Waals surface area contributed by atoms with Gasteiger partial charge in [0.05, 0.1) is 0 Å². The summed E-state index contributed by atoms with van der Waals surface area (Å²) in [6.45, 7) is 1.40. The van der Waals surface area contributed by atoms with Crippen molar-refractivity contribution >= 4 is 18.0 Å². The van der Waals surface area contributed by atoms with Crippen LogP contribution < -0.4 is 5.32 Å². The molecule has 1 unspecified atom stereocenters. The van der Waals surface area contributed by atoms with Gasteiger partial charge in [-0.25, -0.2) is 14.7 Å². The van der Waals surface area contributed by atoms with Gasteiger partial charge in [-0.15, -0.1) is 0 Å². The highest BCUT2D eigenvalue weighted by Gasteiger charge is 2.29. The molecule has 2 aromatic rings. The summed E-state index contributed by atoms with van der Waals surface area (Å²) >= 11 is 0. The van der Waals surface area contributed by atoms with Gasteiger partial charge in [-0.2, -0.15) is 0 Å². The topological polar surface area (TPSA) is 105 Å². The zero-order valence-corrected chi connectivity index (χ0v) is 17.5. The SMILES string of the molecule is CC(CCC(=O)N(C)OCC(=O)O)NC(=O)OCC1c2ccccc2-c2ccccc21. The number of carboxylic acids is 1. The standard InChI is InChI=1S/C23H26N2O6/c1-15(11-12-21(26)25(2)31-14-22(27)28)24-23(29)30-13-20-18-9-5-3-7-16(18)17-8-4-6-10-19(17)20/h3-10,15,20H,11-14H2,1-2H3,(H,24,29)(H,27,28). The summed E-state index contributed by atoms with van der Waals surface area (Å²) in [6, 6.07) is 15.9. The number of aliphatic carboxylic acids is 1. The smallest absolute Gasteiger partial charge is 0.407 e. The molecular formula is C23H26N2O6. The maximum Gasteiger partial charge on any atom is 0.407 e. The molecule has 1 atom stereocenters. The van der Waals surface area contributed by atoms with Gasteiger partial charge in [-0.05, 0) is 35.6 Å². The summed E-state index contributed by atoms with van der Waals surface area (Å²) in [7, 11) is 1.36. The van der Waals surface area contributed by atoms with Crippen LogP contribution in [0.1, 0.15) is 36.8 Å². The first-order chi connectivity index (χ1) is 14.9. The van der Waals surface area contributed by atoms with Crippen LogP contribution in [0.3, 0.4) is 0 Å². The maximum atomic E-state index is 12.3. The highest BCUT2D eigenvalue weighted by Crippen LogP contribution is 2.44. The summed E-state index contributed by atoms with van der Waals surface area (Å²) in [4.78, 5) is 39.5. The lowest BCUT2D eigenvalue weighted by Crippen LogP contribution is -2.35. The lowest BCUT2D eigenvalue weighted by molar-refractivity contribution is -0.185. The third-order valence-corrected chi connectivity index (χ3v) is 5.23. The number of nitrogens with zero attached hydrogens (tertiary/aromatic N) is 1. The van der Waals surface area contributed by atoms with Crippen molar-refractivity contribution < 1.29 is 29.1 Å². The van der Waals surface area contributed by atoms with E-state index in [4.69, 9.17) is 14.7 Å². The fourth-order valence-corrected chi connectivity index (χ4v) is 3.63. The predicted molar refractivity (Wildman–Crippen MR) is 113 cm³/mol. The number of nitrogens with one attached hydrogen (secondary N) is 1. The number of benzene rings is 2. The molecular weight excluding hydrogens is 400 g/mol. The molecule has 31 heavy (non-hydrogen) atoms. The average molecular weight is 426 g/mol. The molecule has 2 N–H and O–H groups in total. The number of amides is 2. The molecule has 3 rings (SSSR count). The van der Waals surface area contributed by atoms with Crippen molar-refractivity contribution in [2.24, 2.45) is 0 Å². The zero-order valence-electron chi connectivity index (χ0n) is 17.5. The van der Waals surface area contributed by atoms with E-state index in [0.29, 0.717) is 6.42 Å². The van der Waals surface area contributed by atoms with Crippen LogP contribution in [0.15, 0.2) is 48.5 Å². The number of fused-ring (bicyclic) bond motifs is 3. The molecule has 8 nitrogen and oxygen atoms in total. The Morgan fingerprint density at radius 1 is 1.06 bits per heavy atom. The summed E-state index contributed by atoms with van der Waals surface area (Å²) in [6.07, 6.45) is -0.0811. The lowest BCUT2D eigenvalue weighted by atomic mass is 9.98. The Kier molecular flexibility index (Phi) is 7.25. The molecule has 8 heteroatoms. The highest BCUT2D eigenvalue weighted by atomic mass is 16.7. The molecule has 0 aliphatic heterocycles. The highest BCUT2D eigenvalue weighted by molar-refractivity contribution is 5.79. The van der Waals surface area contributed by atoms with E-state index in [-0.39, 0.29) is 30.9 Å². The fraction of sp³-hybridized carbons (Fsp3) is 0.348. The van der Waals surface area contributed by atoms with E-state index in [9.17, 15) is 14.4 Å². The molecule has 1 aliphatic carbocycles. The third kappa shape index (κ3) is 5.61. The van der Waals surface area contributed by atoms with E-state index in [0.717, 1.165) is 27.3 Å². The van der Waals surface area contributed by atoms with Gasteiger partial charge in [-0.3, -0.25) is 9.63 Å². The Hall–Kier alpha value is -3.39. The van der Waals surface area contributed by atoms with Crippen LogP contribution in [0.2, 0.25) is 0 Å². The normalized spacial score (nSPS) is 13.1. The number of carboxylic acid groups (broad SMARTS) is 1. The van der Waals surface area contributed by atoms with Crippen molar-refractivity contribution in [1.82, 2.24) is 10.4 Å². The van der Waals surface area contributed by atoms with Crippen LogP contribution in [0, 0.1) is 0 Å². The first kappa shape index (κ1) is 22.3. The minimum Gasteiger partial charge on any atom is -0.479 e. The summed E-state index contributed by atoms with van der Waals surface area (Å²) < 4.78 is 5.49. The van der Waals surface area contributed by atoms with Gasteiger partial charge in [-0.1, -0.05) is 48.5 Å². The minimum absolute atomic E-state index is 0.0185. The predicted octanol–water partition coefficient (Wildman–Crippen LogP) is 3.17. The molecule has 0 aromatic heterocycles. The van der Waals surface area contributed by atoms with Gasteiger partial charge in [0.25, 0.3) is 0 Å². The number of carbonyl (C=O) groups excluding carboxylic acids is 2. The van der Waals surface area contributed by atoms with E-state index in [1.54, 1.807) is 6.92 Å².